The maximum atomic E-state index is 9.31. The summed E-state index contributed by atoms with van der Waals surface area (Å²) in [5.74, 6) is 0. The molecule has 1 aliphatic heterocycles. The van der Waals surface area contributed by atoms with Crippen LogP contribution in [0.3, 0.4) is 0 Å². The summed E-state index contributed by atoms with van der Waals surface area (Å²) >= 11 is 0. The number of aromatic nitrogens is 2. The first-order valence-electron chi connectivity index (χ1n) is 7.61. The van der Waals surface area contributed by atoms with Gasteiger partial charge >= 0.3 is 0 Å². The van der Waals surface area contributed by atoms with Crippen LogP contribution in [0.1, 0.15) is 12.5 Å². The van der Waals surface area contributed by atoms with Crippen LogP contribution < -0.4 is 5.32 Å². The Morgan fingerprint density at radius 1 is 1.26 bits per heavy atom. The van der Waals surface area contributed by atoms with Crippen molar-refractivity contribution in [3.05, 3.63) is 60.1 Å². The molecule has 0 saturated heterocycles. The number of hydrogen-bond donors (Lipinski definition) is 2. The number of anilines is 1. The molecular weight excluding hydrogens is 290 g/mol. The fourth-order valence-corrected chi connectivity index (χ4v) is 2.64. The lowest BCUT2D eigenvalue weighted by molar-refractivity contribution is 0.211. The zero-order chi connectivity index (χ0) is 16.2. The number of hydrogen-bond acceptors (Lipinski definition) is 5. The number of nitrogens with zero attached hydrogens (tertiary/aromatic N) is 4. The molecule has 6 heteroatoms. The van der Waals surface area contributed by atoms with Gasteiger partial charge in [-0.1, -0.05) is 30.3 Å². The summed E-state index contributed by atoms with van der Waals surface area (Å²) in [6, 6.07) is 10.1. The van der Waals surface area contributed by atoms with Crippen LogP contribution in [0.2, 0.25) is 0 Å². The van der Waals surface area contributed by atoms with Gasteiger partial charge in [0.05, 0.1) is 24.2 Å². The lowest BCUT2D eigenvalue weighted by Crippen LogP contribution is -2.41. The first-order chi connectivity index (χ1) is 11.2. The highest BCUT2D eigenvalue weighted by Crippen LogP contribution is 2.20. The number of aryl methyl sites for hydroxylation is 1. The topological polar surface area (TPSA) is 65.7 Å². The molecule has 23 heavy (non-hydrogen) atoms. The standard InChI is InChI=1S/C17H21N5O/c1-13-11-22(8-9-23)17(19-15-10-18-21(2)12-15)20-16(13)14-6-4-3-5-7-14/h3-7,10-12,17,19,23H,8-9H2,1-2H3. The van der Waals surface area contributed by atoms with Crippen LogP contribution in [-0.4, -0.2) is 44.9 Å². The monoisotopic (exact) mass is 311 g/mol. The lowest BCUT2D eigenvalue weighted by atomic mass is 10.0. The first kappa shape index (κ1) is 15.3. The van der Waals surface area contributed by atoms with E-state index in [9.17, 15) is 5.11 Å². The Kier molecular flexibility index (Phi) is 4.43. The van der Waals surface area contributed by atoms with Gasteiger partial charge in [-0.2, -0.15) is 5.10 Å². The molecule has 6 nitrogen and oxygen atoms in total. The van der Waals surface area contributed by atoms with Crippen LogP contribution in [0.5, 0.6) is 0 Å². The van der Waals surface area contributed by atoms with Crippen molar-refractivity contribution >= 4 is 11.4 Å². The van der Waals surface area contributed by atoms with Gasteiger partial charge in [0.25, 0.3) is 0 Å². The van der Waals surface area contributed by atoms with E-state index in [0.29, 0.717) is 6.54 Å². The molecule has 2 aromatic rings. The summed E-state index contributed by atoms with van der Waals surface area (Å²) in [7, 11) is 1.88. The third-order valence-electron chi connectivity index (χ3n) is 3.70. The van der Waals surface area contributed by atoms with Crippen molar-refractivity contribution < 1.29 is 5.11 Å². The number of rotatable bonds is 5. The fourth-order valence-electron chi connectivity index (χ4n) is 2.64. The Balaban J connectivity index is 1.91. The molecule has 0 saturated carbocycles. The van der Waals surface area contributed by atoms with Crippen molar-refractivity contribution in [2.75, 3.05) is 18.5 Å². The van der Waals surface area contributed by atoms with E-state index < -0.39 is 0 Å². The Bertz CT molecular complexity index is 720. The van der Waals surface area contributed by atoms with Crippen LogP contribution >= 0.6 is 0 Å². The second-order valence-corrected chi connectivity index (χ2v) is 5.54. The molecule has 0 fully saturated rings. The van der Waals surface area contributed by atoms with Crippen molar-refractivity contribution in [2.24, 2.45) is 12.0 Å². The third-order valence-corrected chi connectivity index (χ3v) is 3.70. The van der Waals surface area contributed by atoms with Crippen LogP contribution in [0, 0.1) is 0 Å². The number of β-amino-alcohol motifs (C(OH)–C–C–N with tert-alkyl or cyclic N) is 1. The number of aliphatic hydroxyl groups is 1. The van der Waals surface area contributed by atoms with E-state index in [0.717, 1.165) is 22.5 Å². The average Bonchev–Trinajstić information content (AvgIpc) is 2.96. The average molecular weight is 311 g/mol. The molecule has 120 valence electrons. The molecule has 0 aliphatic carbocycles. The summed E-state index contributed by atoms with van der Waals surface area (Å²) in [4.78, 5) is 6.85. The zero-order valence-corrected chi connectivity index (χ0v) is 13.3. The molecule has 0 radical (unpaired) electrons. The van der Waals surface area contributed by atoms with E-state index in [4.69, 9.17) is 4.99 Å². The molecule has 1 aromatic heterocycles. The molecule has 2 heterocycles. The highest BCUT2D eigenvalue weighted by molar-refractivity contribution is 6.12. The lowest BCUT2D eigenvalue weighted by Gasteiger charge is -2.33. The Hall–Kier alpha value is -2.60. The molecule has 1 unspecified atom stereocenters. The predicted molar refractivity (Wildman–Crippen MR) is 91.1 cm³/mol. The minimum atomic E-state index is -0.273. The summed E-state index contributed by atoms with van der Waals surface area (Å²) in [5, 5.41) is 16.8. The minimum absolute atomic E-state index is 0.0746. The van der Waals surface area contributed by atoms with Gasteiger partial charge in [0.2, 0.25) is 0 Å². The van der Waals surface area contributed by atoms with E-state index in [1.54, 1.807) is 10.9 Å². The SMILES string of the molecule is CC1=CN(CCO)C(Nc2cnn(C)c2)N=C1c1ccccc1. The molecule has 2 N–H and O–H groups in total. The number of nitrogens with one attached hydrogen (secondary N) is 1. The van der Waals surface area contributed by atoms with Gasteiger partial charge in [-0.25, -0.2) is 4.99 Å². The Morgan fingerprint density at radius 3 is 2.70 bits per heavy atom. The largest absolute Gasteiger partial charge is 0.395 e. The molecule has 1 aromatic carbocycles. The zero-order valence-electron chi connectivity index (χ0n) is 13.3. The quantitative estimate of drug-likeness (QED) is 0.884. The van der Waals surface area contributed by atoms with Gasteiger partial charge in [-0.3, -0.25) is 4.68 Å². The predicted octanol–water partition coefficient (Wildman–Crippen LogP) is 1.82. The minimum Gasteiger partial charge on any atom is -0.395 e. The molecular formula is C17H21N5O. The first-order valence-corrected chi connectivity index (χ1v) is 7.61. The Morgan fingerprint density at radius 2 is 2.04 bits per heavy atom. The van der Waals surface area contributed by atoms with Crippen LogP contribution in [0.15, 0.2) is 59.5 Å². The molecule has 3 rings (SSSR count). The third kappa shape index (κ3) is 3.43. The van der Waals surface area contributed by atoms with Crippen molar-refractivity contribution in [3.8, 4) is 0 Å². The van der Waals surface area contributed by atoms with E-state index in [1.165, 1.54) is 0 Å². The van der Waals surface area contributed by atoms with Crippen molar-refractivity contribution in [1.29, 1.82) is 0 Å². The van der Waals surface area contributed by atoms with Gasteiger partial charge in [-0.15, -0.1) is 0 Å². The van der Waals surface area contributed by atoms with E-state index in [-0.39, 0.29) is 12.9 Å². The summed E-state index contributed by atoms with van der Waals surface area (Å²) in [6.07, 6.45) is 5.44. The van der Waals surface area contributed by atoms with Crippen LogP contribution in [0.25, 0.3) is 0 Å². The number of benzene rings is 1. The Labute approximate surface area is 135 Å². The van der Waals surface area contributed by atoms with Crippen LogP contribution in [0.4, 0.5) is 5.69 Å². The van der Waals surface area contributed by atoms with Crippen LogP contribution in [-0.2, 0) is 7.05 Å². The second-order valence-electron chi connectivity index (χ2n) is 5.54. The van der Waals surface area contributed by atoms with E-state index in [1.807, 2.05) is 49.5 Å². The van der Waals surface area contributed by atoms with Gasteiger partial charge in [0.1, 0.15) is 0 Å². The second kappa shape index (κ2) is 6.66. The number of allylic oxidation sites excluding steroid dienone is 1. The molecule has 1 atom stereocenters. The molecule has 0 bridgehead atoms. The van der Waals surface area contributed by atoms with E-state index in [2.05, 4.69) is 22.5 Å². The van der Waals surface area contributed by atoms with Crippen molar-refractivity contribution in [2.45, 2.75) is 13.2 Å². The normalized spacial score (nSPS) is 17.7. The maximum Gasteiger partial charge on any atom is 0.197 e. The summed E-state index contributed by atoms with van der Waals surface area (Å²) in [6.45, 7) is 2.63. The highest BCUT2D eigenvalue weighted by Gasteiger charge is 2.22. The van der Waals surface area contributed by atoms with Gasteiger partial charge in [0, 0.05) is 31.6 Å². The smallest absolute Gasteiger partial charge is 0.197 e. The molecule has 0 spiro atoms. The summed E-state index contributed by atoms with van der Waals surface area (Å²) in [5.41, 5.74) is 4.02. The van der Waals surface area contributed by atoms with Gasteiger partial charge in [0.15, 0.2) is 6.29 Å². The summed E-state index contributed by atoms with van der Waals surface area (Å²) < 4.78 is 1.74. The number of aliphatic hydroxyl groups excluding tert-OH is 1. The maximum absolute atomic E-state index is 9.31. The van der Waals surface area contributed by atoms with Crippen molar-refractivity contribution in [3.63, 3.8) is 0 Å². The van der Waals surface area contributed by atoms with E-state index >= 15 is 0 Å². The fraction of sp³-hybridized carbons (Fsp3) is 0.294. The highest BCUT2D eigenvalue weighted by atomic mass is 16.3. The molecule has 0 amide bonds. The van der Waals surface area contributed by atoms with Crippen molar-refractivity contribution in [1.82, 2.24) is 14.7 Å². The molecule has 1 aliphatic rings. The van der Waals surface area contributed by atoms with Gasteiger partial charge < -0.3 is 15.3 Å². The number of aliphatic imine (C=N–C) groups is 1. The van der Waals surface area contributed by atoms with Gasteiger partial charge in [-0.05, 0) is 12.5 Å².